The zero-order valence-electron chi connectivity index (χ0n) is 56.1. The molecule has 0 radical (unpaired) electrons. The topological polar surface area (TPSA) is 36.0 Å². The Labute approximate surface area is 529 Å². The van der Waals surface area contributed by atoms with Crippen LogP contribution in [0.15, 0.2) is 167 Å². The van der Waals surface area contributed by atoms with Gasteiger partial charge < -0.3 is 23.4 Å². The number of hydrogen-bond acceptors (Lipinski definition) is 5. The fourth-order valence-electron chi connectivity index (χ4n) is 16.0. The summed E-state index contributed by atoms with van der Waals surface area (Å²) in [5, 5.41) is 4.58. The lowest BCUT2D eigenvalue weighted by atomic mass is 9.43. The summed E-state index contributed by atoms with van der Waals surface area (Å²) in [4.78, 5) is 7.79. The minimum Gasteiger partial charge on any atom is -0.456 e. The van der Waals surface area contributed by atoms with Crippen molar-refractivity contribution in [2.45, 2.75) is 188 Å². The molecule has 89 heavy (non-hydrogen) atoms. The molecule has 0 spiro atoms. The number of hydrogen-bond donors (Lipinski definition) is 0. The van der Waals surface area contributed by atoms with Gasteiger partial charge in [-0.3, -0.25) is 0 Å². The summed E-state index contributed by atoms with van der Waals surface area (Å²) < 4.78 is 15.0. The molecule has 11 aromatic rings. The van der Waals surface area contributed by atoms with Gasteiger partial charge in [-0.15, -0.1) is 0 Å². The molecule has 5 nitrogen and oxygen atoms in total. The van der Waals surface area contributed by atoms with Gasteiger partial charge in [0.1, 0.15) is 22.3 Å². The van der Waals surface area contributed by atoms with Gasteiger partial charge in [-0.2, -0.15) is 0 Å². The second-order valence-electron chi connectivity index (χ2n) is 32.8. The maximum atomic E-state index is 7.80. The summed E-state index contributed by atoms with van der Waals surface area (Å²) in [6.45, 7) is 42.3. The normalized spacial score (nSPS) is 17.2. The lowest BCUT2D eigenvalue weighted by molar-refractivity contribution is 0.332. The van der Waals surface area contributed by atoms with Crippen molar-refractivity contribution in [1.29, 1.82) is 0 Å². The molecule has 9 aromatic carbocycles. The molecule has 2 aliphatic carbocycles. The van der Waals surface area contributed by atoms with Crippen LogP contribution in [0.3, 0.4) is 0 Å². The molecule has 4 aliphatic rings. The molecule has 450 valence electrons. The van der Waals surface area contributed by atoms with Gasteiger partial charge in [-0.1, -0.05) is 184 Å². The Hall–Kier alpha value is -7.96. The standard InChI is InChI=1S/C83H88BN3O2/c1-49-43-61-63(82(15,16)41-39-80(61,11)12)46-66(49)86-65-38-37-57-60-45-62-64(83(17,18)42-40-81(62,13)14)47-70(60)89-76(57)75(65)84-74-68(86)48-71-72(59-21-19-20-22-69(59)88-71)73(74)58-36-35-56(44-67(58)87(84)55-33-27-52(28-34-55)79(8,9)10)85(53-29-23-50(24-30-53)77(2,3)4)54-31-25-51(26-32-54)78(5,6)7/h19-38,43-48H,39-42H2,1-18H3. The van der Waals surface area contributed by atoms with Crippen LogP contribution in [0.4, 0.5) is 45.5 Å². The summed E-state index contributed by atoms with van der Waals surface area (Å²) in [7, 11) is 0. The molecular formula is C83H88BN3O2. The van der Waals surface area contributed by atoms with Crippen molar-refractivity contribution < 1.29 is 8.83 Å². The monoisotopic (exact) mass is 1170 g/mol. The van der Waals surface area contributed by atoms with Crippen molar-refractivity contribution >= 4 is 107 Å². The Bertz CT molecular complexity index is 4680. The van der Waals surface area contributed by atoms with Crippen molar-refractivity contribution in [3.8, 4) is 11.1 Å². The lowest BCUT2D eigenvalue weighted by Gasteiger charge is -2.47. The molecule has 0 bridgehead atoms. The molecule has 0 atom stereocenters. The first kappa shape index (κ1) is 57.5. The number of aryl methyl sites for hydroxylation is 1. The minimum atomic E-state index is -0.363. The molecule has 6 heteroatoms. The van der Waals surface area contributed by atoms with E-state index in [1.54, 1.807) is 0 Å². The van der Waals surface area contributed by atoms with Crippen molar-refractivity contribution in [1.82, 2.24) is 0 Å². The van der Waals surface area contributed by atoms with Crippen molar-refractivity contribution in [2.24, 2.45) is 0 Å². The highest BCUT2D eigenvalue weighted by Crippen LogP contribution is 2.56. The van der Waals surface area contributed by atoms with Crippen molar-refractivity contribution in [3.63, 3.8) is 0 Å². The molecule has 0 N–H and O–H groups in total. The lowest BCUT2D eigenvalue weighted by Crippen LogP contribution is -2.61. The van der Waals surface area contributed by atoms with Crippen LogP contribution in [0.5, 0.6) is 0 Å². The van der Waals surface area contributed by atoms with Gasteiger partial charge in [-0.25, -0.2) is 0 Å². The van der Waals surface area contributed by atoms with E-state index in [4.69, 9.17) is 8.83 Å². The summed E-state index contributed by atoms with van der Waals surface area (Å²) in [6.07, 6.45) is 4.53. The average molecular weight is 1170 g/mol. The highest BCUT2D eigenvalue weighted by atomic mass is 16.3. The van der Waals surface area contributed by atoms with Gasteiger partial charge >= 0.3 is 6.85 Å². The van der Waals surface area contributed by atoms with E-state index >= 15 is 0 Å². The summed E-state index contributed by atoms with van der Waals surface area (Å²) in [6, 6.07) is 61.3. The second kappa shape index (κ2) is 19.0. The number of rotatable bonds is 5. The molecule has 0 unspecified atom stereocenters. The highest BCUT2D eigenvalue weighted by Gasteiger charge is 2.50. The number of benzene rings is 9. The number of para-hydroxylation sites is 1. The second-order valence-corrected chi connectivity index (χ2v) is 32.8. The quantitative estimate of drug-likeness (QED) is 0.161. The molecular weight excluding hydrogens is 1080 g/mol. The van der Waals surface area contributed by atoms with E-state index in [0.29, 0.717) is 0 Å². The van der Waals surface area contributed by atoms with Gasteiger partial charge in [0.05, 0.1) is 0 Å². The van der Waals surface area contributed by atoms with E-state index in [0.717, 1.165) is 115 Å². The number of anilines is 8. The average Bonchev–Trinajstić information content (AvgIpc) is 1.67. The third-order valence-corrected chi connectivity index (χ3v) is 21.8. The Morgan fingerprint density at radius 3 is 1.51 bits per heavy atom. The minimum absolute atomic E-state index is 0.00277. The van der Waals surface area contributed by atoms with Gasteiger partial charge in [-0.05, 0) is 211 Å². The van der Waals surface area contributed by atoms with Crippen molar-refractivity contribution in [3.05, 3.63) is 202 Å². The molecule has 2 aromatic heterocycles. The van der Waals surface area contributed by atoms with Crippen LogP contribution in [0.25, 0.3) is 55.0 Å². The SMILES string of the molecule is Cc1cc2c(cc1N1c3cc4oc5ccccc5c4c4c3B(c3c1ccc1c3oc3cc5c(cc31)C(C)(C)CCC5(C)C)N(c1ccc(C(C)(C)C)cc1)c1cc(N(c3ccc(C(C)(C)C)cc3)c3ccc(C(C)(C)C)cc3)ccc1-4)C(C)(C)CCC2(C)C. The van der Waals surface area contributed by atoms with Gasteiger partial charge in [0.25, 0.3) is 0 Å². The van der Waals surface area contributed by atoms with Crippen LogP contribution in [0, 0.1) is 6.92 Å². The Morgan fingerprint density at radius 1 is 0.416 bits per heavy atom. The fourth-order valence-corrected chi connectivity index (χ4v) is 16.0. The summed E-state index contributed by atoms with van der Waals surface area (Å²) >= 11 is 0. The maximum absolute atomic E-state index is 7.80. The van der Waals surface area contributed by atoms with Crippen LogP contribution in [-0.4, -0.2) is 6.85 Å². The third kappa shape index (κ3) is 8.83. The zero-order valence-corrected chi connectivity index (χ0v) is 56.1. The molecule has 0 fully saturated rings. The first-order valence-electron chi connectivity index (χ1n) is 32.9. The van der Waals surface area contributed by atoms with Crippen LogP contribution in [-0.2, 0) is 37.9 Å². The molecule has 0 amide bonds. The molecule has 0 saturated carbocycles. The van der Waals surface area contributed by atoms with Gasteiger partial charge in [0, 0.05) is 84.1 Å². The Kier molecular flexibility index (Phi) is 12.3. The molecule has 15 rings (SSSR count). The van der Waals surface area contributed by atoms with E-state index in [1.807, 2.05) is 0 Å². The summed E-state index contributed by atoms with van der Waals surface area (Å²) in [5.74, 6) is 0. The summed E-state index contributed by atoms with van der Waals surface area (Å²) in [5.41, 5.74) is 28.2. The van der Waals surface area contributed by atoms with E-state index in [1.165, 1.54) is 66.6 Å². The smallest absolute Gasteiger partial charge is 0.336 e. The van der Waals surface area contributed by atoms with E-state index in [2.05, 4.69) is 297 Å². The fraction of sp³-hybridized carbons (Fsp3) is 0.349. The molecule has 4 heterocycles. The largest absolute Gasteiger partial charge is 0.456 e. The van der Waals surface area contributed by atoms with E-state index in [-0.39, 0.29) is 44.8 Å². The van der Waals surface area contributed by atoms with Crippen molar-refractivity contribution in [2.75, 3.05) is 14.6 Å². The molecule has 2 aliphatic heterocycles. The predicted molar refractivity (Wildman–Crippen MR) is 381 cm³/mol. The third-order valence-electron chi connectivity index (χ3n) is 21.8. The van der Waals surface area contributed by atoms with Gasteiger partial charge in [0.2, 0.25) is 0 Å². The maximum Gasteiger partial charge on any atom is 0.336 e. The number of nitrogens with zero attached hydrogens (tertiary/aromatic N) is 3. The first-order chi connectivity index (χ1) is 41.9. The van der Waals surface area contributed by atoms with Crippen LogP contribution in [0.1, 0.15) is 188 Å². The van der Waals surface area contributed by atoms with Crippen LogP contribution >= 0.6 is 0 Å². The zero-order chi connectivity index (χ0) is 62.6. The van der Waals surface area contributed by atoms with Crippen LogP contribution in [0.2, 0.25) is 0 Å². The molecule has 0 saturated heterocycles. The predicted octanol–water partition coefficient (Wildman–Crippen LogP) is 22.6. The Balaban J connectivity index is 1.10. The van der Waals surface area contributed by atoms with Gasteiger partial charge in [0.15, 0.2) is 0 Å². The van der Waals surface area contributed by atoms with E-state index in [9.17, 15) is 0 Å². The van der Waals surface area contributed by atoms with E-state index < -0.39 is 0 Å². The van der Waals surface area contributed by atoms with Crippen LogP contribution < -0.4 is 25.5 Å². The number of fused-ring (bicyclic) bond motifs is 14. The number of furan rings is 2. The highest BCUT2D eigenvalue weighted by molar-refractivity contribution is 6.95. The Morgan fingerprint density at radius 2 is 0.933 bits per heavy atom. The first-order valence-corrected chi connectivity index (χ1v) is 32.9.